The maximum absolute atomic E-state index is 5.48. The summed E-state index contributed by atoms with van der Waals surface area (Å²) in [5.74, 6) is 0.834. The van der Waals surface area contributed by atoms with Crippen LogP contribution in [0.1, 0.15) is 23.6 Å². The summed E-state index contributed by atoms with van der Waals surface area (Å²) < 4.78 is 5.48. The molecule has 1 atom stereocenters. The monoisotopic (exact) mass is 551 g/mol. The lowest BCUT2D eigenvalue weighted by Crippen LogP contribution is -2.44. The van der Waals surface area contributed by atoms with E-state index in [0.717, 1.165) is 58.4 Å². The Labute approximate surface area is 210 Å². The van der Waals surface area contributed by atoms with Crippen LogP contribution < -0.4 is 10.6 Å². The van der Waals surface area contributed by atoms with Crippen LogP contribution in [0.15, 0.2) is 59.6 Å². The van der Waals surface area contributed by atoms with Crippen molar-refractivity contribution in [2.75, 3.05) is 46.9 Å². The standard InChI is InChI=1S/C25H37N5O.HI/c1-21(29(3)19-22-9-5-4-6-10-22)17-27-25(26-2)28-18-23-11-7-8-12-24(23)20-30-13-15-31-16-14-30;/h4-12,21H,13-20H2,1-3H3,(H2,26,27,28);1H. The summed E-state index contributed by atoms with van der Waals surface area (Å²) in [4.78, 5) is 9.23. The molecule has 7 heteroatoms. The minimum absolute atomic E-state index is 0. The van der Waals surface area contributed by atoms with E-state index >= 15 is 0 Å². The van der Waals surface area contributed by atoms with E-state index in [1.807, 2.05) is 7.05 Å². The SMILES string of the molecule is CN=C(NCc1ccccc1CN1CCOCC1)NCC(C)N(C)Cc1ccccc1.I. The minimum atomic E-state index is 0. The Morgan fingerprint density at radius 2 is 1.69 bits per heavy atom. The molecule has 3 rings (SSSR count). The van der Waals surface area contributed by atoms with Crippen molar-refractivity contribution in [1.29, 1.82) is 0 Å². The average Bonchev–Trinajstić information content (AvgIpc) is 2.81. The molecule has 0 bridgehead atoms. The average molecular weight is 552 g/mol. The van der Waals surface area contributed by atoms with Crippen LogP contribution >= 0.6 is 24.0 Å². The van der Waals surface area contributed by atoms with Gasteiger partial charge in [0.1, 0.15) is 0 Å². The van der Waals surface area contributed by atoms with Crippen LogP contribution in [0.4, 0.5) is 0 Å². The van der Waals surface area contributed by atoms with Crippen LogP contribution in [-0.2, 0) is 24.4 Å². The van der Waals surface area contributed by atoms with E-state index in [2.05, 4.69) is 94.0 Å². The molecule has 1 unspecified atom stereocenters. The second kappa shape index (κ2) is 14.5. The number of nitrogens with one attached hydrogen (secondary N) is 2. The van der Waals surface area contributed by atoms with Crippen molar-refractivity contribution in [2.45, 2.75) is 32.6 Å². The van der Waals surface area contributed by atoms with Crippen molar-refractivity contribution >= 4 is 29.9 Å². The fraction of sp³-hybridized carbons (Fsp3) is 0.480. The van der Waals surface area contributed by atoms with E-state index in [9.17, 15) is 0 Å². The molecular formula is C25H38IN5O. The number of morpholine rings is 1. The lowest BCUT2D eigenvalue weighted by atomic mass is 10.1. The van der Waals surface area contributed by atoms with Gasteiger partial charge in [0.2, 0.25) is 0 Å². The van der Waals surface area contributed by atoms with Crippen molar-refractivity contribution in [3.8, 4) is 0 Å². The summed E-state index contributed by atoms with van der Waals surface area (Å²) in [5, 5.41) is 6.96. The number of halogens is 1. The summed E-state index contributed by atoms with van der Waals surface area (Å²) >= 11 is 0. The first-order valence-electron chi connectivity index (χ1n) is 11.2. The zero-order valence-corrected chi connectivity index (χ0v) is 21.9. The lowest BCUT2D eigenvalue weighted by molar-refractivity contribution is 0.0341. The third-order valence-corrected chi connectivity index (χ3v) is 5.88. The van der Waals surface area contributed by atoms with Crippen LogP contribution in [0, 0.1) is 0 Å². The van der Waals surface area contributed by atoms with Gasteiger partial charge < -0.3 is 15.4 Å². The van der Waals surface area contributed by atoms with Gasteiger partial charge in [0.25, 0.3) is 0 Å². The van der Waals surface area contributed by atoms with E-state index in [4.69, 9.17) is 4.74 Å². The van der Waals surface area contributed by atoms with Gasteiger partial charge in [-0.3, -0.25) is 14.8 Å². The number of nitrogens with zero attached hydrogens (tertiary/aromatic N) is 3. The number of hydrogen-bond donors (Lipinski definition) is 2. The highest BCUT2D eigenvalue weighted by Crippen LogP contribution is 2.13. The number of rotatable bonds is 9. The van der Waals surface area contributed by atoms with Gasteiger partial charge in [-0.1, -0.05) is 54.6 Å². The first-order valence-corrected chi connectivity index (χ1v) is 11.2. The molecule has 2 aromatic rings. The first-order chi connectivity index (χ1) is 15.2. The van der Waals surface area contributed by atoms with Gasteiger partial charge in [-0.05, 0) is 30.7 Å². The molecule has 1 fully saturated rings. The van der Waals surface area contributed by atoms with Crippen molar-refractivity contribution in [2.24, 2.45) is 4.99 Å². The van der Waals surface area contributed by atoms with E-state index in [1.165, 1.54) is 16.7 Å². The Morgan fingerprint density at radius 3 is 2.38 bits per heavy atom. The Morgan fingerprint density at radius 1 is 1.03 bits per heavy atom. The third kappa shape index (κ3) is 8.69. The molecule has 1 heterocycles. The number of aliphatic imine (C=N–C) groups is 1. The highest BCUT2D eigenvalue weighted by atomic mass is 127. The number of guanidine groups is 1. The second-order valence-corrected chi connectivity index (χ2v) is 8.21. The van der Waals surface area contributed by atoms with E-state index in [-0.39, 0.29) is 24.0 Å². The topological polar surface area (TPSA) is 52.1 Å². The Kier molecular flexibility index (Phi) is 12.0. The molecule has 1 saturated heterocycles. The fourth-order valence-corrected chi connectivity index (χ4v) is 3.71. The molecule has 32 heavy (non-hydrogen) atoms. The normalized spacial score (nSPS) is 15.8. The number of hydrogen-bond acceptors (Lipinski definition) is 4. The molecule has 0 radical (unpaired) electrons. The molecule has 1 aliphatic heterocycles. The molecule has 0 spiro atoms. The summed E-state index contributed by atoms with van der Waals surface area (Å²) in [6, 6.07) is 19.6. The largest absolute Gasteiger partial charge is 0.379 e. The molecule has 2 aromatic carbocycles. The van der Waals surface area contributed by atoms with Gasteiger partial charge in [-0.25, -0.2) is 0 Å². The van der Waals surface area contributed by atoms with E-state index in [0.29, 0.717) is 6.04 Å². The first kappa shape index (κ1) is 26.6. The molecule has 6 nitrogen and oxygen atoms in total. The molecule has 2 N–H and O–H groups in total. The summed E-state index contributed by atoms with van der Waals surface area (Å²) in [5.41, 5.74) is 4.01. The van der Waals surface area contributed by atoms with Gasteiger partial charge in [0.05, 0.1) is 13.2 Å². The lowest BCUT2D eigenvalue weighted by Gasteiger charge is -2.27. The third-order valence-electron chi connectivity index (χ3n) is 5.88. The van der Waals surface area contributed by atoms with Gasteiger partial charge in [0, 0.05) is 52.4 Å². The van der Waals surface area contributed by atoms with Gasteiger partial charge >= 0.3 is 0 Å². The van der Waals surface area contributed by atoms with Crippen LogP contribution in [-0.4, -0.2) is 68.7 Å². The highest BCUT2D eigenvalue weighted by molar-refractivity contribution is 14.0. The van der Waals surface area contributed by atoms with Crippen LogP contribution in [0.5, 0.6) is 0 Å². The second-order valence-electron chi connectivity index (χ2n) is 8.21. The van der Waals surface area contributed by atoms with Crippen LogP contribution in [0.25, 0.3) is 0 Å². The molecular weight excluding hydrogens is 513 g/mol. The zero-order valence-electron chi connectivity index (χ0n) is 19.6. The smallest absolute Gasteiger partial charge is 0.191 e. The Bertz CT molecular complexity index is 811. The van der Waals surface area contributed by atoms with Gasteiger partial charge in [0.15, 0.2) is 5.96 Å². The van der Waals surface area contributed by atoms with Crippen molar-refractivity contribution in [1.82, 2.24) is 20.4 Å². The van der Waals surface area contributed by atoms with E-state index in [1.54, 1.807) is 0 Å². The molecule has 0 aromatic heterocycles. The minimum Gasteiger partial charge on any atom is -0.379 e. The van der Waals surface area contributed by atoms with Crippen molar-refractivity contribution < 1.29 is 4.74 Å². The fourth-order valence-electron chi connectivity index (χ4n) is 3.71. The summed E-state index contributed by atoms with van der Waals surface area (Å²) in [6.07, 6.45) is 0. The summed E-state index contributed by atoms with van der Waals surface area (Å²) in [6.45, 7) is 9.38. The van der Waals surface area contributed by atoms with Crippen LogP contribution in [0.2, 0.25) is 0 Å². The van der Waals surface area contributed by atoms with E-state index < -0.39 is 0 Å². The quantitative estimate of drug-likeness (QED) is 0.285. The predicted molar refractivity (Wildman–Crippen MR) is 144 cm³/mol. The maximum atomic E-state index is 5.48. The molecule has 0 aliphatic carbocycles. The number of likely N-dealkylation sites (N-methyl/N-ethyl adjacent to an activating group) is 1. The molecule has 0 saturated carbocycles. The highest BCUT2D eigenvalue weighted by Gasteiger charge is 2.13. The number of ether oxygens (including phenoxy) is 1. The van der Waals surface area contributed by atoms with Crippen LogP contribution in [0.3, 0.4) is 0 Å². The Hall–Kier alpha value is -1.68. The summed E-state index contributed by atoms with van der Waals surface area (Å²) in [7, 11) is 3.99. The van der Waals surface area contributed by atoms with Crippen molar-refractivity contribution in [3.05, 3.63) is 71.3 Å². The molecule has 1 aliphatic rings. The van der Waals surface area contributed by atoms with Gasteiger partial charge in [-0.2, -0.15) is 0 Å². The molecule has 0 amide bonds. The predicted octanol–water partition coefficient (Wildman–Crippen LogP) is 3.32. The Balaban J connectivity index is 0.00000363. The zero-order chi connectivity index (χ0) is 21.9. The van der Waals surface area contributed by atoms with Gasteiger partial charge in [-0.15, -0.1) is 24.0 Å². The molecule has 176 valence electrons. The number of benzene rings is 2. The van der Waals surface area contributed by atoms with Crippen molar-refractivity contribution in [3.63, 3.8) is 0 Å². The maximum Gasteiger partial charge on any atom is 0.191 e.